The monoisotopic (exact) mass is 314 g/mol. The summed E-state index contributed by atoms with van der Waals surface area (Å²) in [5, 5.41) is 0.496. The van der Waals surface area contributed by atoms with Crippen molar-refractivity contribution in [2.24, 2.45) is 5.73 Å². The van der Waals surface area contributed by atoms with E-state index in [-0.39, 0.29) is 6.04 Å². The molecule has 0 bridgehead atoms. The molecule has 1 aliphatic rings. The van der Waals surface area contributed by atoms with E-state index in [4.69, 9.17) is 17.3 Å². The van der Waals surface area contributed by atoms with Crippen molar-refractivity contribution in [3.05, 3.63) is 41.8 Å². The van der Waals surface area contributed by atoms with Gasteiger partial charge in [-0.25, -0.2) is 9.97 Å². The Hall–Kier alpha value is -2.18. The van der Waals surface area contributed by atoms with Crippen LogP contribution in [0.25, 0.3) is 16.9 Å². The molecule has 1 fully saturated rings. The maximum absolute atomic E-state index is 6.31. The third kappa shape index (κ3) is 2.20. The van der Waals surface area contributed by atoms with Crippen molar-refractivity contribution < 1.29 is 0 Å². The molecule has 4 rings (SSSR count). The topological polar surface area (TPSA) is 72.9 Å². The summed E-state index contributed by atoms with van der Waals surface area (Å²) in [6, 6.07) is 8.05. The summed E-state index contributed by atoms with van der Waals surface area (Å²) in [6.45, 7) is 1.64. The maximum Gasteiger partial charge on any atom is 0.227 e. The highest BCUT2D eigenvalue weighted by Gasteiger charge is 2.22. The first-order valence-electron chi connectivity index (χ1n) is 7.18. The van der Waals surface area contributed by atoms with Gasteiger partial charge in [-0.3, -0.25) is 4.57 Å². The second-order valence-electron chi connectivity index (χ2n) is 5.44. The average Bonchev–Trinajstić information content (AvgIpc) is 3.14. The zero-order valence-corrected chi connectivity index (χ0v) is 12.6. The Balaban J connectivity index is 1.81. The molecule has 0 saturated carbocycles. The number of hydrogen-bond acceptors (Lipinski definition) is 5. The molecular weight excluding hydrogens is 300 g/mol. The summed E-state index contributed by atoms with van der Waals surface area (Å²) in [5.41, 5.74) is 7.83. The molecule has 1 aliphatic heterocycles. The quantitative estimate of drug-likeness (QED) is 0.783. The van der Waals surface area contributed by atoms with Gasteiger partial charge in [0.05, 0.1) is 17.2 Å². The fourth-order valence-electron chi connectivity index (χ4n) is 2.77. The van der Waals surface area contributed by atoms with E-state index < -0.39 is 0 Å². The summed E-state index contributed by atoms with van der Waals surface area (Å²) in [5.74, 6) is 1.30. The summed E-state index contributed by atoms with van der Waals surface area (Å²) in [7, 11) is 0. The SMILES string of the molecule is NC1CCN(c2ncc(Cl)c(-n3cnc4ccccc43)n2)C1. The molecule has 6 nitrogen and oxygen atoms in total. The number of halogens is 1. The zero-order valence-electron chi connectivity index (χ0n) is 11.9. The largest absolute Gasteiger partial charge is 0.339 e. The maximum atomic E-state index is 6.31. The van der Waals surface area contributed by atoms with Gasteiger partial charge in [0.25, 0.3) is 0 Å². The predicted octanol–water partition coefficient (Wildman–Crippen LogP) is 2.01. The molecule has 1 saturated heterocycles. The van der Waals surface area contributed by atoms with Crippen molar-refractivity contribution in [1.29, 1.82) is 0 Å². The molecule has 112 valence electrons. The number of nitrogens with zero attached hydrogens (tertiary/aromatic N) is 5. The summed E-state index contributed by atoms with van der Waals surface area (Å²) < 4.78 is 1.89. The lowest BCUT2D eigenvalue weighted by atomic mass is 10.3. The van der Waals surface area contributed by atoms with Crippen LogP contribution in [0.15, 0.2) is 36.8 Å². The first-order chi connectivity index (χ1) is 10.7. The number of nitrogens with two attached hydrogens (primary N) is 1. The van der Waals surface area contributed by atoms with Crippen LogP contribution in [-0.2, 0) is 0 Å². The summed E-state index contributed by atoms with van der Waals surface area (Å²) in [6.07, 6.45) is 4.32. The van der Waals surface area contributed by atoms with Crippen LogP contribution in [0.3, 0.4) is 0 Å². The molecule has 0 spiro atoms. The van der Waals surface area contributed by atoms with E-state index in [0.29, 0.717) is 16.8 Å². The van der Waals surface area contributed by atoms with Crippen LogP contribution in [0, 0.1) is 0 Å². The minimum Gasteiger partial charge on any atom is -0.339 e. The number of fused-ring (bicyclic) bond motifs is 1. The molecule has 3 aromatic rings. The Morgan fingerprint density at radius 2 is 2.09 bits per heavy atom. The van der Waals surface area contributed by atoms with Crippen molar-refractivity contribution >= 4 is 28.6 Å². The van der Waals surface area contributed by atoms with Crippen molar-refractivity contribution in [3.63, 3.8) is 0 Å². The first-order valence-corrected chi connectivity index (χ1v) is 7.56. The first kappa shape index (κ1) is 13.5. The van der Waals surface area contributed by atoms with Crippen molar-refractivity contribution in [1.82, 2.24) is 19.5 Å². The standard InChI is InChI=1S/C15H15ClN6/c16-11-7-18-15(21-6-5-10(17)8-21)20-14(11)22-9-19-12-3-1-2-4-13(12)22/h1-4,7,9-10H,5-6,8,17H2. The van der Waals surface area contributed by atoms with Gasteiger partial charge in [0.1, 0.15) is 11.3 Å². The smallest absolute Gasteiger partial charge is 0.227 e. The highest BCUT2D eigenvalue weighted by molar-refractivity contribution is 6.32. The summed E-state index contributed by atoms with van der Waals surface area (Å²) >= 11 is 6.31. The van der Waals surface area contributed by atoms with Gasteiger partial charge in [0.2, 0.25) is 5.95 Å². The van der Waals surface area contributed by atoms with E-state index in [1.807, 2.05) is 28.8 Å². The van der Waals surface area contributed by atoms with Crippen LogP contribution in [-0.4, -0.2) is 38.7 Å². The zero-order chi connectivity index (χ0) is 15.1. The molecule has 0 radical (unpaired) electrons. The van der Waals surface area contributed by atoms with Gasteiger partial charge in [-0.2, -0.15) is 4.98 Å². The van der Waals surface area contributed by atoms with Crippen molar-refractivity contribution in [3.8, 4) is 5.82 Å². The second-order valence-corrected chi connectivity index (χ2v) is 5.85. The highest BCUT2D eigenvalue weighted by Crippen LogP contribution is 2.25. The number of anilines is 1. The fraction of sp³-hybridized carbons (Fsp3) is 0.267. The normalized spacial score (nSPS) is 18.3. The van der Waals surface area contributed by atoms with Gasteiger partial charge in [0, 0.05) is 19.1 Å². The molecule has 22 heavy (non-hydrogen) atoms. The third-order valence-corrected chi connectivity index (χ3v) is 4.17. The predicted molar refractivity (Wildman–Crippen MR) is 86.5 cm³/mol. The van der Waals surface area contributed by atoms with Gasteiger partial charge >= 0.3 is 0 Å². The van der Waals surface area contributed by atoms with Crippen molar-refractivity contribution in [2.75, 3.05) is 18.0 Å². The molecule has 1 atom stereocenters. The third-order valence-electron chi connectivity index (χ3n) is 3.90. The summed E-state index contributed by atoms with van der Waals surface area (Å²) in [4.78, 5) is 15.4. The molecule has 2 aromatic heterocycles. The second kappa shape index (κ2) is 5.23. The highest BCUT2D eigenvalue weighted by atomic mass is 35.5. The van der Waals surface area contributed by atoms with Crippen LogP contribution >= 0.6 is 11.6 Å². The molecule has 3 heterocycles. The van der Waals surface area contributed by atoms with Gasteiger partial charge < -0.3 is 10.6 Å². The van der Waals surface area contributed by atoms with Crippen LogP contribution in [0.2, 0.25) is 5.02 Å². The molecule has 7 heteroatoms. The minimum absolute atomic E-state index is 0.178. The van der Waals surface area contributed by atoms with Gasteiger partial charge in [-0.05, 0) is 18.6 Å². The number of hydrogen-bond donors (Lipinski definition) is 1. The molecule has 1 aromatic carbocycles. The van der Waals surface area contributed by atoms with Crippen LogP contribution in [0.5, 0.6) is 0 Å². The van der Waals surface area contributed by atoms with Crippen molar-refractivity contribution in [2.45, 2.75) is 12.5 Å². The Morgan fingerprint density at radius 1 is 1.23 bits per heavy atom. The number of benzene rings is 1. The molecule has 2 N–H and O–H groups in total. The van der Waals surface area contributed by atoms with Gasteiger partial charge in [0.15, 0.2) is 5.82 Å². The molecular formula is C15H15ClN6. The van der Waals surface area contributed by atoms with E-state index in [1.54, 1.807) is 12.5 Å². The molecule has 1 unspecified atom stereocenters. The van der Waals surface area contributed by atoms with E-state index in [0.717, 1.165) is 30.5 Å². The average molecular weight is 315 g/mol. The van der Waals surface area contributed by atoms with E-state index in [2.05, 4.69) is 19.9 Å². The van der Waals surface area contributed by atoms with Gasteiger partial charge in [-0.1, -0.05) is 23.7 Å². The van der Waals surface area contributed by atoms with Crippen LogP contribution in [0.1, 0.15) is 6.42 Å². The molecule has 0 amide bonds. The van der Waals surface area contributed by atoms with E-state index in [9.17, 15) is 0 Å². The Morgan fingerprint density at radius 3 is 2.91 bits per heavy atom. The number of aromatic nitrogens is 4. The Kier molecular flexibility index (Phi) is 3.20. The van der Waals surface area contributed by atoms with E-state index >= 15 is 0 Å². The lowest BCUT2D eigenvalue weighted by Crippen LogP contribution is -2.27. The molecule has 0 aliphatic carbocycles. The number of rotatable bonds is 2. The number of para-hydroxylation sites is 2. The van der Waals surface area contributed by atoms with Gasteiger partial charge in [-0.15, -0.1) is 0 Å². The van der Waals surface area contributed by atoms with E-state index in [1.165, 1.54) is 0 Å². The van der Waals surface area contributed by atoms with Crippen LogP contribution in [0.4, 0.5) is 5.95 Å². The Bertz CT molecular complexity index is 830. The lowest BCUT2D eigenvalue weighted by molar-refractivity contribution is 0.750. The fourth-order valence-corrected chi connectivity index (χ4v) is 2.95. The Labute approximate surface area is 132 Å². The lowest BCUT2D eigenvalue weighted by Gasteiger charge is -2.17. The van der Waals surface area contributed by atoms with Crippen LogP contribution < -0.4 is 10.6 Å². The minimum atomic E-state index is 0.178. The number of imidazole rings is 1.